The van der Waals surface area contributed by atoms with Crippen LogP contribution in [-0.4, -0.2) is 35.5 Å². The number of nitrogens with one attached hydrogen (secondary N) is 2. The van der Waals surface area contributed by atoms with Gasteiger partial charge in [-0.1, -0.05) is 32.5 Å². The maximum Gasteiger partial charge on any atom is 0.241 e. The monoisotopic (exact) mass is 271 g/mol. The fraction of sp³-hybridized carbons (Fsp3) is 0.846. The number of thioether (sulfide) groups is 1. The lowest BCUT2D eigenvalue weighted by atomic mass is 9.85. The Morgan fingerprint density at radius 2 is 2.22 bits per heavy atom. The molecule has 0 aliphatic carbocycles. The number of aliphatic imine (C=N–C) groups is 1. The Morgan fingerprint density at radius 1 is 1.56 bits per heavy atom. The Kier molecular flexibility index (Phi) is 5.50. The zero-order valence-corrected chi connectivity index (χ0v) is 12.9. The molecule has 1 rings (SSSR count). The van der Waals surface area contributed by atoms with Crippen LogP contribution >= 0.6 is 11.8 Å². The van der Waals surface area contributed by atoms with Gasteiger partial charge >= 0.3 is 0 Å². The molecule has 104 valence electrons. The summed E-state index contributed by atoms with van der Waals surface area (Å²) in [6.45, 7) is 10.8. The summed E-state index contributed by atoms with van der Waals surface area (Å²) >= 11 is 1.70. The number of carbonyl (C=O) groups excluding carboxylic acids is 1. The van der Waals surface area contributed by atoms with Crippen molar-refractivity contribution in [2.24, 2.45) is 10.4 Å². The lowest BCUT2D eigenvalue weighted by Gasteiger charge is -2.35. The summed E-state index contributed by atoms with van der Waals surface area (Å²) < 4.78 is 0. The van der Waals surface area contributed by atoms with Crippen molar-refractivity contribution in [1.82, 2.24) is 10.6 Å². The van der Waals surface area contributed by atoms with E-state index >= 15 is 0 Å². The van der Waals surface area contributed by atoms with Crippen LogP contribution in [0.25, 0.3) is 0 Å². The fourth-order valence-corrected chi connectivity index (χ4v) is 2.72. The van der Waals surface area contributed by atoms with Crippen molar-refractivity contribution in [3.8, 4) is 0 Å². The number of nitrogens with zero attached hydrogens (tertiary/aromatic N) is 1. The van der Waals surface area contributed by atoms with Gasteiger partial charge in [-0.15, -0.1) is 0 Å². The quantitative estimate of drug-likeness (QED) is 0.825. The highest BCUT2D eigenvalue weighted by Gasteiger charge is 2.28. The second-order valence-corrected chi connectivity index (χ2v) is 7.13. The van der Waals surface area contributed by atoms with Gasteiger partial charge in [0.2, 0.25) is 5.91 Å². The lowest BCUT2D eigenvalue weighted by Crippen LogP contribution is -2.46. The molecule has 5 heteroatoms. The summed E-state index contributed by atoms with van der Waals surface area (Å²) in [5, 5.41) is 7.18. The van der Waals surface area contributed by atoms with Crippen LogP contribution in [0.15, 0.2) is 4.99 Å². The van der Waals surface area contributed by atoms with E-state index in [1.165, 1.54) is 0 Å². The van der Waals surface area contributed by atoms with Gasteiger partial charge in [0.1, 0.15) is 6.54 Å². The van der Waals surface area contributed by atoms with Crippen LogP contribution in [0.5, 0.6) is 0 Å². The standard InChI is InChI=1S/C13H25N3OS/c1-9(2)15-11(17)8-14-12-16-10(6-7-18-12)13(3,4)5/h9-10H,6-8H2,1-5H3,(H,14,16)(H,15,17). The van der Waals surface area contributed by atoms with Gasteiger partial charge in [0.15, 0.2) is 5.17 Å². The van der Waals surface area contributed by atoms with Gasteiger partial charge in [-0.05, 0) is 25.7 Å². The van der Waals surface area contributed by atoms with Crippen molar-refractivity contribution in [2.75, 3.05) is 12.3 Å². The molecule has 0 aromatic carbocycles. The topological polar surface area (TPSA) is 53.5 Å². The smallest absolute Gasteiger partial charge is 0.241 e. The number of amides is 1. The molecule has 18 heavy (non-hydrogen) atoms. The molecular formula is C13H25N3OS. The SMILES string of the molecule is CC(C)NC(=O)CN=C1NC(C(C)(C)C)CCS1. The molecule has 1 unspecified atom stereocenters. The minimum atomic E-state index is -0.0159. The summed E-state index contributed by atoms with van der Waals surface area (Å²) in [4.78, 5) is 15.9. The van der Waals surface area contributed by atoms with E-state index in [4.69, 9.17) is 0 Å². The van der Waals surface area contributed by atoms with Crippen LogP contribution in [0.1, 0.15) is 41.0 Å². The zero-order chi connectivity index (χ0) is 13.8. The fourth-order valence-electron chi connectivity index (χ4n) is 1.79. The van der Waals surface area contributed by atoms with Crippen molar-refractivity contribution in [3.63, 3.8) is 0 Å². The first-order valence-corrected chi connectivity index (χ1v) is 7.50. The summed E-state index contributed by atoms with van der Waals surface area (Å²) in [7, 11) is 0. The lowest BCUT2D eigenvalue weighted by molar-refractivity contribution is -0.120. The molecule has 2 N–H and O–H groups in total. The second-order valence-electron chi connectivity index (χ2n) is 6.04. The molecule has 0 aromatic heterocycles. The van der Waals surface area contributed by atoms with Crippen molar-refractivity contribution >= 4 is 22.8 Å². The van der Waals surface area contributed by atoms with Crippen molar-refractivity contribution in [1.29, 1.82) is 0 Å². The maximum atomic E-state index is 11.5. The average molecular weight is 271 g/mol. The number of rotatable bonds is 3. The Labute approximate surface area is 114 Å². The third kappa shape index (κ3) is 5.29. The Balaban J connectivity index is 2.49. The van der Waals surface area contributed by atoms with Crippen LogP contribution in [0.2, 0.25) is 0 Å². The third-order valence-corrected chi connectivity index (χ3v) is 3.76. The Hall–Kier alpha value is -0.710. The molecular weight excluding hydrogens is 246 g/mol. The molecule has 1 amide bonds. The first-order valence-electron chi connectivity index (χ1n) is 6.52. The minimum Gasteiger partial charge on any atom is -0.362 e. The first-order chi connectivity index (χ1) is 8.29. The highest BCUT2D eigenvalue weighted by atomic mass is 32.2. The Bertz CT molecular complexity index is 321. The highest BCUT2D eigenvalue weighted by molar-refractivity contribution is 8.13. The summed E-state index contributed by atoms with van der Waals surface area (Å²) in [5.74, 6) is 1.05. The first kappa shape index (κ1) is 15.3. The summed E-state index contributed by atoms with van der Waals surface area (Å²) in [6, 6.07) is 0.609. The number of hydrogen-bond donors (Lipinski definition) is 2. The van der Waals surface area contributed by atoms with E-state index in [1.54, 1.807) is 11.8 Å². The number of hydrogen-bond acceptors (Lipinski definition) is 3. The number of amidine groups is 1. The van der Waals surface area contributed by atoms with Crippen molar-refractivity contribution < 1.29 is 4.79 Å². The van der Waals surface area contributed by atoms with Gasteiger partial charge in [-0.2, -0.15) is 0 Å². The molecule has 1 atom stereocenters. The largest absolute Gasteiger partial charge is 0.362 e. The molecule has 0 saturated carbocycles. The molecule has 1 aliphatic rings. The van der Waals surface area contributed by atoms with Crippen molar-refractivity contribution in [3.05, 3.63) is 0 Å². The molecule has 1 aliphatic heterocycles. The summed E-state index contributed by atoms with van der Waals surface area (Å²) in [6.07, 6.45) is 1.14. The molecule has 4 nitrogen and oxygen atoms in total. The van der Waals surface area contributed by atoms with Crippen LogP contribution in [0.3, 0.4) is 0 Å². The van der Waals surface area contributed by atoms with Crippen molar-refractivity contribution in [2.45, 2.75) is 53.1 Å². The average Bonchev–Trinajstić information content (AvgIpc) is 2.25. The Morgan fingerprint density at radius 3 is 2.78 bits per heavy atom. The highest BCUT2D eigenvalue weighted by Crippen LogP contribution is 2.27. The van der Waals surface area contributed by atoms with E-state index in [1.807, 2.05) is 13.8 Å². The van der Waals surface area contributed by atoms with E-state index < -0.39 is 0 Å². The minimum absolute atomic E-state index is 0.0159. The second kappa shape index (κ2) is 6.45. The van der Waals surface area contributed by atoms with Gasteiger partial charge in [-0.25, -0.2) is 0 Å². The molecule has 1 fully saturated rings. The van der Waals surface area contributed by atoms with Crippen LogP contribution in [0.4, 0.5) is 0 Å². The van der Waals surface area contributed by atoms with E-state index in [-0.39, 0.29) is 23.9 Å². The molecule has 1 saturated heterocycles. The number of carbonyl (C=O) groups is 1. The molecule has 0 spiro atoms. The predicted molar refractivity (Wildman–Crippen MR) is 79.0 cm³/mol. The summed E-state index contributed by atoms with van der Waals surface area (Å²) in [5.41, 5.74) is 0.224. The maximum absolute atomic E-state index is 11.5. The molecule has 0 bridgehead atoms. The molecule has 1 heterocycles. The van der Waals surface area contributed by atoms with E-state index in [0.29, 0.717) is 6.04 Å². The van der Waals surface area contributed by atoms with Gasteiger partial charge < -0.3 is 10.6 Å². The van der Waals surface area contributed by atoms with Crippen LogP contribution < -0.4 is 10.6 Å². The van der Waals surface area contributed by atoms with Crippen LogP contribution in [-0.2, 0) is 4.79 Å². The predicted octanol–water partition coefficient (Wildman–Crippen LogP) is 2.01. The van der Waals surface area contributed by atoms with Crippen LogP contribution in [0, 0.1) is 5.41 Å². The third-order valence-electron chi connectivity index (χ3n) is 2.80. The van der Waals surface area contributed by atoms with E-state index in [0.717, 1.165) is 17.3 Å². The van der Waals surface area contributed by atoms with Gasteiger partial charge in [-0.3, -0.25) is 9.79 Å². The van der Waals surface area contributed by atoms with E-state index in [2.05, 4.69) is 36.4 Å². The van der Waals surface area contributed by atoms with Gasteiger partial charge in [0, 0.05) is 17.8 Å². The van der Waals surface area contributed by atoms with Gasteiger partial charge in [0.25, 0.3) is 0 Å². The zero-order valence-electron chi connectivity index (χ0n) is 12.0. The molecule has 0 aromatic rings. The van der Waals surface area contributed by atoms with Gasteiger partial charge in [0.05, 0.1) is 0 Å². The molecule has 0 radical (unpaired) electrons. The van der Waals surface area contributed by atoms with E-state index in [9.17, 15) is 4.79 Å². The normalized spacial score (nSPS) is 23.0.